The summed E-state index contributed by atoms with van der Waals surface area (Å²) in [6.45, 7) is 2.23. The summed E-state index contributed by atoms with van der Waals surface area (Å²) in [6.07, 6.45) is 2.34. The van der Waals surface area contributed by atoms with Crippen molar-refractivity contribution in [3.63, 3.8) is 0 Å². The van der Waals surface area contributed by atoms with E-state index in [0.29, 0.717) is 61.2 Å². The predicted molar refractivity (Wildman–Crippen MR) is 114 cm³/mol. The standard InChI is InChI=1S/C23H24ClFN2O4/c24-19-12-15(13-20-22(19)31-11-1-10-30-20)14-21(28)27-8-6-18(7-9-27)26-23(29)16-2-4-17(25)5-3-16/h2-5,12-13,18H,1,6-11,14H2,(H,26,29). The van der Waals surface area contributed by atoms with E-state index in [9.17, 15) is 14.0 Å². The molecule has 0 unspecified atom stereocenters. The number of fused-ring (bicyclic) bond motifs is 1. The van der Waals surface area contributed by atoms with Crippen LogP contribution < -0.4 is 14.8 Å². The highest BCUT2D eigenvalue weighted by atomic mass is 35.5. The fourth-order valence-electron chi connectivity index (χ4n) is 3.82. The average molecular weight is 447 g/mol. The lowest BCUT2D eigenvalue weighted by Crippen LogP contribution is -2.47. The van der Waals surface area contributed by atoms with Gasteiger partial charge in [-0.1, -0.05) is 11.6 Å². The van der Waals surface area contributed by atoms with E-state index in [2.05, 4.69) is 5.32 Å². The van der Waals surface area contributed by atoms with Gasteiger partial charge in [-0.3, -0.25) is 9.59 Å². The third kappa shape index (κ3) is 5.28. The van der Waals surface area contributed by atoms with Crippen molar-refractivity contribution >= 4 is 23.4 Å². The molecular weight excluding hydrogens is 423 g/mol. The Labute approximate surface area is 185 Å². The van der Waals surface area contributed by atoms with Gasteiger partial charge in [0.2, 0.25) is 5.91 Å². The quantitative estimate of drug-likeness (QED) is 0.779. The minimum absolute atomic E-state index is 0.00821. The highest BCUT2D eigenvalue weighted by molar-refractivity contribution is 6.32. The summed E-state index contributed by atoms with van der Waals surface area (Å²) in [6, 6.07) is 9.01. The number of hydrogen-bond acceptors (Lipinski definition) is 4. The maximum Gasteiger partial charge on any atom is 0.251 e. The Kier molecular flexibility index (Phi) is 6.61. The number of halogens is 2. The van der Waals surface area contributed by atoms with E-state index in [1.807, 2.05) is 6.07 Å². The van der Waals surface area contributed by atoms with Crippen LogP contribution in [0.2, 0.25) is 5.02 Å². The molecule has 0 spiro atoms. The van der Waals surface area contributed by atoms with Gasteiger partial charge in [-0.2, -0.15) is 0 Å². The fraction of sp³-hybridized carbons (Fsp3) is 0.391. The summed E-state index contributed by atoms with van der Waals surface area (Å²) in [5, 5.41) is 3.41. The number of likely N-dealkylation sites (tertiary alicyclic amines) is 1. The molecule has 2 aromatic rings. The molecule has 8 heteroatoms. The molecule has 0 radical (unpaired) electrons. The molecular formula is C23H24ClFN2O4. The van der Waals surface area contributed by atoms with Gasteiger partial charge < -0.3 is 19.7 Å². The first-order valence-electron chi connectivity index (χ1n) is 10.4. The number of benzene rings is 2. The van der Waals surface area contributed by atoms with Crippen LogP contribution in [-0.4, -0.2) is 49.1 Å². The van der Waals surface area contributed by atoms with Gasteiger partial charge in [0.1, 0.15) is 5.82 Å². The summed E-state index contributed by atoms with van der Waals surface area (Å²) in [4.78, 5) is 26.9. The van der Waals surface area contributed by atoms with Crippen LogP contribution in [-0.2, 0) is 11.2 Å². The Bertz CT molecular complexity index is 959. The number of nitrogens with zero attached hydrogens (tertiary/aromatic N) is 1. The molecule has 6 nitrogen and oxygen atoms in total. The van der Waals surface area contributed by atoms with Crippen LogP contribution in [0.5, 0.6) is 11.5 Å². The lowest BCUT2D eigenvalue weighted by Gasteiger charge is -2.32. The van der Waals surface area contributed by atoms with Crippen LogP contribution in [0.4, 0.5) is 4.39 Å². The number of piperidine rings is 1. The van der Waals surface area contributed by atoms with Crippen LogP contribution in [0.15, 0.2) is 36.4 Å². The molecule has 1 fully saturated rings. The van der Waals surface area contributed by atoms with Gasteiger partial charge in [0.25, 0.3) is 5.91 Å². The van der Waals surface area contributed by atoms with Gasteiger partial charge in [-0.05, 0) is 54.8 Å². The number of amides is 2. The van der Waals surface area contributed by atoms with Crippen LogP contribution in [0.1, 0.15) is 35.2 Å². The Morgan fingerprint density at radius 2 is 1.81 bits per heavy atom. The van der Waals surface area contributed by atoms with Crippen molar-refractivity contribution in [3.05, 3.63) is 58.4 Å². The van der Waals surface area contributed by atoms with Gasteiger partial charge in [-0.15, -0.1) is 0 Å². The third-order valence-corrected chi connectivity index (χ3v) is 5.79. The molecule has 2 aromatic carbocycles. The average Bonchev–Trinajstić information content (AvgIpc) is 3.00. The van der Waals surface area contributed by atoms with Crippen LogP contribution in [0.3, 0.4) is 0 Å². The first-order chi connectivity index (χ1) is 15.0. The van der Waals surface area contributed by atoms with E-state index in [1.165, 1.54) is 24.3 Å². The maximum absolute atomic E-state index is 13.0. The topological polar surface area (TPSA) is 67.9 Å². The van der Waals surface area contributed by atoms with Gasteiger partial charge in [-0.25, -0.2) is 4.39 Å². The van der Waals surface area contributed by atoms with E-state index in [0.717, 1.165) is 12.0 Å². The number of ether oxygens (including phenoxy) is 2. The Hall–Kier alpha value is -2.80. The van der Waals surface area contributed by atoms with Gasteiger partial charge in [0.05, 0.1) is 24.7 Å². The summed E-state index contributed by atoms with van der Waals surface area (Å²) in [5.74, 6) is 0.516. The SMILES string of the molecule is O=C(NC1CCN(C(=O)Cc2cc(Cl)c3c(c2)OCCCO3)CC1)c1ccc(F)cc1. The second-order valence-corrected chi connectivity index (χ2v) is 8.17. The second kappa shape index (κ2) is 9.56. The first kappa shape index (κ1) is 21.4. The Morgan fingerprint density at radius 3 is 2.55 bits per heavy atom. The first-order valence-corrected chi connectivity index (χ1v) is 10.8. The third-order valence-electron chi connectivity index (χ3n) is 5.51. The molecule has 0 saturated carbocycles. The molecule has 0 atom stereocenters. The van der Waals surface area contributed by atoms with Crippen molar-refractivity contribution in [2.24, 2.45) is 0 Å². The molecule has 1 saturated heterocycles. The van der Waals surface area contributed by atoms with E-state index in [4.69, 9.17) is 21.1 Å². The molecule has 1 N–H and O–H groups in total. The summed E-state index contributed by atoms with van der Waals surface area (Å²) in [5.41, 5.74) is 1.21. The van der Waals surface area contributed by atoms with E-state index in [-0.39, 0.29) is 30.1 Å². The van der Waals surface area contributed by atoms with Crippen molar-refractivity contribution in [2.45, 2.75) is 31.7 Å². The van der Waals surface area contributed by atoms with E-state index < -0.39 is 0 Å². The largest absolute Gasteiger partial charge is 0.489 e. The predicted octanol–water partition coefficient (Wildman–Crippen LogP) is 3.60. The van der Waals surface area contributed by atoms with Gasteiger partial charge >= 0.3 is 0 Å². The number of rotatable bonds is 4. The van der Waals surface area contributed by atoms with Crippen molar-refractivity contribution in [1.29, 1.82) is 0 Å². The summed E-state index contributed by atoms with van der Waals surface area (Å²) >= 11 is 6.32. The van der Waals surface area contributed by atoms with Gasteiger partial charge in [0, 0.05) is 31.1 Å². The number of carbonyl (C=O) groups excluding carboxylic acids is 2. The molecule has 4 rings (SSSR count). The zero-order chi connectivity index (χ0) is 21.8. The molecule has 2 heterocycles. The number of carbonyl (C=O) groups is 2. The molecule has 2 amide bonds. The smallest absolute Gasteiger partial charge is 0.251 e. The molecule has 2 aliphatic heterocycles. The second-order valence-electron chi connectivity index (χ2n) is 7.77. The molecule has 0 aliphatic carbocycles. The highest BCUT2D eigenvalue weighted by Gasteiger charge is 2.25. The van der Waals surface area contributed by atoms with Crippen LogP contribution >= 0.6 is 11.6 Å². The minimum atomic E-state index is -0.377. The zero-order valence-electron chi connectivity index (χ0n) is 17.0. The Balaban J connectivity index is 1.30. The van der Waals surface area contributed by atoms with E-state index in [1.54, 1.807) is 11.0 Å². The maximum atomic E-state index is 13.0. The normalized spacial score (nSPS) is 16.5. The highest BCUT2D eigenvalue weighted by Crippen LogP contribution is 2.38. The fourth-order valence-corrected chi connectivity index (χ4v) is 4.10. The van der Waals surface area contributed by atoms with Crippen molar-refractivity contribution in [2.75, 3.05) is 26.3 Å². The molecule has 31 heavy (non-hydrogen) atoms. The minimum Gasteiger partial charge on any atom is -0.489 e. The lowest BCUT2D eigenvalue weighted by molar-refractivity contribution is -0.131. The summed E-state index contributed by atoms with van der Waals surface area (Å²) < 4.78 is 24.3. The van der Waals surface area contributed by atoms with Crippen molar-refractivity contribution in [3.8, 4) is 11.5 Å². The molecule has 0 aromatic heterocycles. The van der Waals surface area contributed by atoms with Crippen LogP contribution in [0, 0.1) is 5.82 Å². The van der Waals surface area contributed by atoms with Gasteiger partial charge in [0.15, 0.2) is 11.5 Å². The van der Waals surface area contributed by atoms with Crippen molar-refractivity contribution in [1.82, 2.24) is 10.2 Å². The molecule has 164 valence electrons. The summed E-state index contributed by atoms with van der Waals surface area (Å²) in [7, 11) is 0. The number of hydrogen-bond donors (Lipinski definition) is 1. The van der Waals surface area contributed by atoms with E-state index >= 15 is 0 Å². The molecule has 2 aliphatic rings. The molecule has 0 bridgehead atoms. The lowest BCUT2D eigenvalue weighted by atomic mass is 10.0. The van der Waals surface area contributed by atoms with Crippen molar-refractivity contribution < 1.29 is 23.5 Å². The zero-order valence-corrected chi connectivity index (χ0v) is 17.8. The number of nitrogens with one attached hydrogen (secondary N) is 1. The monoisotopic (exact) mass is 446 g/mol. The van der Waals surface area contributed by atoms with Crippen LogP contribution in [0.25, 0.3) is 0 Å². The Morgan fingerprint density at radius 1 is 1.10 bits per heavy atom.